The molecule has 4 heterocycles. The maximum atomic E-state index is 11.9. The topological polar surface area (TPSA) is 131 Å². The van der Waals surface area contributed by atoms with Crippen LogP contribution in [0.4, 0.5) is 16.4 Å². The third-order valence-corrected chi connectivity index (χ3v) is 5.36. The van der Waals surface area contributed by atoms with Crippen LogP contribution in [0.2, 0.25) is 0 Å². The smallest absolute Gasteiger partial charge is 0.326 e. The van der Waals surface area contributed by atoms with Gasteiger partial charge in [-0.05, 0) is 36.6 Å². The van der Waals surface area contributed by atoms with Crippen LogP contribution in [0, 0.1) is 0 Å². The molecule has 3 aromatic rings. The van der Waals surface area contributed by atoms with Crippen LogP contribution in [-0.4, -0.2) is 39.4 Å². The van der Waals surface area contributed by atoms with Crippen LogP contribution in [-0.2, 0) is 11.3 Å². The molecule has 1 aliphatic carbocycles. The number of ether oxygens (including phenoxy) is 2. The summed E-state index contributed by atoms with van der Waals surface area (Å²) in [6, 6.07) is 7.57. The number of nitrogens with zero attached hydrogens (tertiary/aromatic N) is 3. The van der Waals surface area contributed by atoms with Crippen LogP contribution < -0.4 is 30.7 Å². The zero-order valence-corrected chi connectivity index (χ0v) is 16.8. The lowest BCUT2D eigenvalue weighted by Crippen LogP contribution is -2.22. The summed E-state index contributed by atoms with van der Waals surface area (Å²) in [5.74, 6) is 2.44. The van der Waals surface area contributed by atoms with E-state index in [2.05, 4.69) is 26.4 Å². The number of imide groups is 1. The van der Waals surface area contributed by atoms with Gasteiger partial charge in [0.25, 0.3) is 5.91 Å². The van der Waals surface area contributed by atoms with Gasteiger partial charge in [0.1, 0.15) is 17.3 Å². The number of carbonyl (C=O) groups is 2. The van der Waals surface area contributed by atoms with Crippen molar-refractivity contribution in [1.29, 1.82) is 0 Å². The summed E-state index contributed by atoms with van der Waals surface area (Å²) in [7, 11) is 0. The Labute approximate surface area is 181 Å². The summed E-state index contributed by atoms with van der Waals surface area (Å²) < 4.78 is 12.5. The van der Waals surface area contributed by atoms with E-state index >= 15 is 0 Å². The van der Waals surface area contributed by atoms with E-state index in [-0.39, 0.29) is 12.5 Å². The predicted octanol–water partition coefficient (Wildman–Crippen LogP) is 1.82. The normalized spacial score (nSPS) is 18.2. The van der Waals surface area contributed by atoms with E-state index in [9.17, 15) is 9.59 Å². The lowest BCUT2D eigenvalue weighted by atomic mass is 10.2. The molecule has 2 aliphatic heterocycles. The first-order valence-electron chi connectivity index (χ1n) is 10.2. The molecule has 3 amide bonds. The monoisotopic (exact) mass is 433 g/mol. The van der Waals surface area contributed by atoms with Crippen molar-refractivity contribution < 1.29 is 19.1 Å². The molecule has 1 saturated heterocycles. The summed E-state index contributed by atoms with van der Waals surface area (Å²) in [4.78, 5) is 28.0. The van der Waals surface area contributed by atoms with Crippen molar-refractivity contribution in [2.24, 2.45) is 0 Å². The second-order valence-electron chi connectivity index (χ2n) is 7.79. The van der Waals surface area contributed by atoms with Gasteiger partial charge in [0.15, 0.2) is 17.1 Å². The molecule has 0 radical (unpaired) electrons. The zero-order chi connectivity index (χ0) is 21.7. The van der Waals surface area contributed by atoms with E-state index < -0.39 is 11.9 Å². The van der Waals surface area contributed by atoms with Crippen molar-refractivity contribution in [3.05, 3.63) is 47.3 Å². The molecule has 1 aromatic carbocycles. The van der Waals surface area contributed by atoms with Gasteiger partial charge in [0.05, 0.1) is 6.20 Å². The van der Waals surface area contributed by atoms with Crippen LogP contribution in [0.15, 0.2) is 36.2 Å². The van der Waals surface area contributed by atoms with E-state index in [1.807, 2.05) is 24.3 Å². The Hall–Kier alpha value is -4.28. The fourth-order valence-electron chi connectivity index (χ4n) is 3.59. The number of anilines is 2. The van der Waals surface area contributed by atoms with Gasteiger partial charge in [0, 0.05) is 24.2 Å². The number of carbonyl (C=O) groups excluding carboxylic acids is 2. The van der Waals surface area contributed by atoms with Crippen molar-refractivity contribution in [2.75, 3.05) is 17.4 Å². The molecule has 11 nitrogen and oxygen atoms in total. The van der Waals surface area contributed by atoms with Crippen LogP contribution in [0.25, 0.3) is 11.7 Å². The minimum Gasteiger partial charge on any atom is -0.454 e. The van der Waals surface area contributed by atoms with Gasteiger partial charge >= 0.3 is 6.03 Å². The van der Waals surface area contributed by atoms with Gasteiger partial charge in [-0.25, -0.2) is 9.78 Å². The summed E-state index contributed by atoms with van der Waals surface area (Å²) in [5.41, 5.74) is 2.35. The lowest BCUT2D eigenvalue weighted by molar-refractivity contribution is -0.115. The molecule has 32 heavy (non-hydrogen) atoms. The SMILES string of the molecule is O=C1NC(=O)/C(=C/c2cnn3c(NC4CC4)cc(NCc4ccc5c(c4)OCO5)nc23)N1. The van der Waals surface area contributed by atoms with Crippen LogP contribution >= 0.6 is 0 Å². The molecule has 2 aromatic heterocycles. The summed E-state index contributed by atoms with van der Waals surface area (Å²) in [6.07, 6.45) is 5.40. The van der Waals surface area contributed by atoms with Gasteiger partial charge in [-0.2, -0.15) is 9.61 Å². The second kappa shape index (κ2) is 7.15. The molecule has 6 rings (SSSR count). The first-order valence-corrected chi connectivity index (χ1v) is 10.2. The van der Waals surface area contributed by atoms with Crippen molar-refractivity contribution in [3.63, 3.8) is 0 Å². The molecular formula is C21H19N7O4. The van der Waals surface area contributed by atoms with Gasteiger partial charge in [-0.3, -0.25) is 10.1 Å². The molecule has 2 fully saturated rings. The molecule has 0 unspecified atom stereocenters. The molecule has 3 aliphatic rings. The van der Waals surface area contributed by atoms with Crippen LogP contribution in [0.5, 0.6) is 11.5 Å². The highest BCUT2D eigenvalue weighted by Gasteiger charge is 2.25. The highest BCUT2D eigenvalue weighted by atomic mass is 16.7. The molecule has 1 saturated carbocycles. The average Bonchev–Trinajstić information content (AvgIpc) is 3.16. The zero-order valence-electron chi connectivity index (χ0n) is 16.8. The standard InChI is InChI=1S/C21H19N7O4/c29-20-14(25-21(30)27-20)6-12-9-23-28-18(24-13-2-3-13)7-17(26-19(12)28)22-8-11-1-4-15-16(5-11)32-10-31-15/h1,4-7,9,13,24H,2-3,8,10H2,(H,22,26)(H2,25,27,29,30)/b14-6-. The second-order valence-corrected chi connectivity index (χ2v) is 7.79. The van der Waals surface area contributed by atoms with E-state index in [0.717, 1.165) is 35.7 Å². The largest absolute Gasteiger partial charge is 0.454 e. The van der Waals surface area contributed by atoms with Gasteiger partial charge in [0.2, 0.25) is 6.79 Å². The van der Waals surface area contributed by atoms with Crippen LogP contribution in [0.3, 0.4) is 0 Å². The van der Waals surface area contributed by atoms with E-state index in [0.29, 0.717) is 29.6 Å². The summed E-state index contributed by atoms with van der Waals surface area (Å²) in [6.45, 7) is 0.768. The Kier molecular flexibility index (Phi) is 4.13. The molecule has 0 atom stereocenters. The van der Waals surface area contributed by atoms with Crippen LogP contribution in [0.1, 0.15) is 24.0 Å². The minimum absolute atomic E-state index is 0.155. The maximum absolute atomic E-state index is 11.9. The molecule has 162 valence electrons. The number of amides is 3. The summed E-state index contributed by atoms with van der Waals surface area (Å²) >= 11 is 0. The number of nitrogens with one attached hydrogen (secondary N) is 4. The number of hydrogen-bond acceptors (Lipinski definition) is 8. The van der Waals surface area contributed by atoms with Gasteiger partial charge < -0.3 is 25.4 Å². The number of urea groups is 1. The van der Waals surface area contributed by atoms with Crippen molar-refractivity contribution >= 4 is 35.3 Å². The van der Waals surface area contributed by atoms with Crippen molar-refractivity contribution in [2.45, 2.75) is 25.4 Å². The third kappa shape index (κ3) is 3.43. The first-order chi connectivity index (χ1) is 15.6. The lowest BCUT2D eigenvalue weighted by Gasteiger charge is -2.12. The van der Waals surface area contributed by atoms with Gasteiger partial charge in [-0.15, -0.1) is 0 Å². The Morgan fingerprint density at radius 1 is 1.16 bits per heavy atom. The quantitative estimate of drug-likeness (QED) is 0.342. The maximum Gasteiger partial charge on any atom is 0.326 e. The number of aromatic nitrogens is 3. The number of fused-ring (bicyclic) bond motifs is 2. The van der Waals surface area contributed by atoms with Gasteiger partial charge in [-0.1, -0.05) is 6.07 Å². The fraction of sp³-hybridized carbons (Fsp3) is 0.238. The van der Waals surface area contributed by atoms with E-state index in [1.165, 1.54) is 0 Å². The summed E-state index contributed by atoms with van der Waals surface area (Å²) in [5, 5.41) is 15.9. The molecular weight excluding hydrogens is 414 g/mol. The molecule has 11 heteroatoms. The number of hydrogen-bond donors (Lipinski definition) is 4. The fourth-order valence-corrected chi connectivity index (χ4v) is 3.59. The van der Waals surface area contributed by atoms with E-state index in [4.69, 9.17) is 14.5 Å². The predicted molar refractivity (Wildman–Crippen MR) is 114 cm³/mol. The third-order valence-electron chi connectivity index (χ3n) is 5.36. The first kappa shape index (κ1) is 18.5. The van der Waals surface area contributed by atoms with E-state index in [1.54, 1.807) is 16.8 Å². The molecule has 4 N–H and O–H groups in total. The Morgan fingerprint density at radius 3 is 2.84 bits per heavy atom. The van der Waals surface area contributed by atoms with Crippen molar-refractivity contribution in [1.82, 2.24) is 25.2 Å². The molecule has 0 bridgehead atoms. The minimum atomic E-state index is -0.548. The highest BCUT2D eigenvalue weighted by molar-refractivity contribution is 6.14. The molecule has 0 spiro atoms. The Bertz CT molecular complexity index is 1290. The average molecular weight is 433 g/mol. The number of rotatable bonds is 6. The number of benzene rings is 1. The Balaban J connectivity index is 1.32. The van der Waals surface area contributed by atoms with Crippen molar-refractivity contribution in [3.8, 4) is 11.5 Å². The highest BCUT2D eigenvalue weighted by Crippen LogP contribution is 2.33. The Morgan fingerprint density at radius 2 is 2.03 bits per heavy atom.